The molecule has 0 aromatic heterocycles. The van der Waals surface area contributed by atoms with Gasteiger partial charge in [0.25, 0.3) is 0 Å². The molecule has 0 saturated carbocycles. The maximum atomic E-state index is 10.7. The van der Waals surface area contributed by atoms with Crippen LogP contribution < -0.4 is 0 Å². The van der Waals surface area contributed by atoms with E-state index in [0.29, 0.717) is 6.42 Å². The van der Waals surface area contributed by atoms with Crippen molar-refractivity contribution in [1.82, 2.24) is 0 Å². The second-order valence-corrected chi connectivity index (χ2v) is 4.71. The first-order valence-corrected chi connectivity index (χ1v) is 6.54. The van der Waals surface area contributed by atoms with Crippen LogP contribution in [0.5, 0.6) is 0 Å². The summed E-state index contributed by atoms with van der Waals surface area (Å²) in [4.78, 5) is 10.7. The van der Waals surface area contributed by atoms with Gasteiger partial charge in [-0.15, -0.1) is 0 Å². The Labute approximate surface area is 104 Å². The largest absolute Gasteiger partial charge is 0.281 e. The van der Waals surface area contributed by atoms with E-state index in [1.807, 2.05) is 12.1 Å². The van der Waals surface area contributed by atoms with Gasteiger partial charge in [-0.2, -0.15) is 0 Å². The van der Waals surface area contributed by atoms with Crippen molar-refractivity contribution < 1.29 is 4.79 Å². The molecule has 0 bridgehead atoms. The summed E-state index contributed by atoms with van der Waals surface area (Å²) in [6.45, 7) is 0. The first-order valence-electron chi connectivity index (χ1n) is 5.04. The van der Waals surface area contributed by atoms with Crippen LogP contribution in [0.4, 0.5) is 0 Å². The summed E-state index contributed by atoms with van der Waals surface area (Å²) in [5.74, 6) is 0. The maximum Gasteiger partial charge on any atom is 0.226 e. The molecule has 82 valence electrons. The Kier molecular flexibility index (Phi) is 5.96. The van der Waals surface area contributed by atoms with Crippen molar-refractivity contribution >= 4 is 32.8 Å². The molecule has 1 rings (SSSR count). The quantitative estimate of drug-likeness (QED) is 0.443. The van der Waals surface area contributed by atoms with E-state index in [9.17, 15) is 4.79 Å². The highest BCUT2D eigenvalue weighted by Crippen LogP contribution is 2.09. The molecule has 0 amide bonds. The molecule has 1 nitrogen and oxygen atoms in total. The number of rotatable bonds is 6. The summed E-state index contributed by atoms with van der Waals surface area (Å²) >= 11 is 8.72. The fourth-order valence-electron chi connectivity index (χ4n) is 1.41. The van der Waals surface area contributed by atoms with E-state index in [2.05, 4.69) is 28.1 Å². The van der Waals surface area contributed by atoms with Crippen molar-refractivity contribution in [3.05, 3.63) is 35.4 Å². The van der Waals surface area contributed by atoms with E-state index >= 15 is 0 Å². The lowest BCUT2D eigenvalue weighted by molar-refractivity contribution is -0.111. The number of alkyl halides is 1. The van der Waals surface area contributed by atoms with Gasteiger partial charge in [0.05, 0.1) is 0 Å². The lowest BCUT2D eigenvalue weighted by atomic mass is 10.1. The molecule has 0 radical (unpaired) electrons. The number of halogens is 2. The van der Waals surface area contributed by atoms with Crippen molar-refractivity contribution in [2.75, 3.05) is 5.33 Å². The van der Waals surface area contributed by atoms with Gasteiger partial charge in [-0.1, -0.05) is 40.2 Å². The fraction of sp³-hybridized carbons (Fsp3) is 0.417. The van der Waals surface area contributed by atoms with Gasteiger partial charge < -0.3 is 0 Å². The molecule has 0 heterocycles. The molecular formula is C12H14BrClO. The number of carbonyl (C=O) groups excluding carboxylic acids is 1. The predicted molar refractivity (Wildman–Crippen MR) is 67.7 cm³/mol. The molecule has 15 heavy (non-hydrogen) atoms. The smallest absolute Gasteiger partial charge is 0.226 e. The second kappa shape index (κ2) is 7.02. The van der Waals surface area contributed by atoms with Crippen molar-refractivity contribution in [3.8, 4) is 0 Å². The van der Waals surface area contributed by atoms with Gasteiger partial charge >= 0.3 is 0 Å². The Hall–Kier alpha value is -0.340. The Morgan fingerprint density at radius 2 is 1.73 bits per heavy atom. The van der Waals surface area contributed by atoms with Gasteiger partial charge in [0.1, 0.15) is 0 Å². The van der Waals surface area contributed by atoms with Crippen LogP contribution in [0.2, 0.25) is 0 Å². The van der Waals surface area contributed by atoms with Crippen LogP contribution in [-0.4, -0.2) is 10.6 Å². The van der Waals surface area contributed by atoms with Gasteiger partial charge in [0.2, 0.25) is 5.24 Å². The van der Waals surface area contributed by atoms with Gasteiger partial charge in [0.15, 0.2) is 0 Å². The number of unbranched alkanes of at least 4 members (excludes halogenated alkanes) is 1. The van der Waals surface area contributed by atoms with Crippen LogP contribution in [-0.2, 0) is 17.6 Å². The molecule has 0 saturated heterocycles. The Morgan fingerprint density at radius 1 is 1.13 bits per heavy atom. The van der Waals surface area contributed by atoms with E-state index in [4.69, 9.17) is 11.6 Å². The SMILES string of the molecule is O=C(Cl)Cc1ccc(CCCCBr)cc1. The number of benzene rings is 1. The number of aryl methyl sites for hydroxylation is 1. The van der Waals surface area contributed by atoms with Gasteiger partial charge in [-0.25, -0.2) is 0 Å². The molecule has 0 atom stereocenters. The predicted octanol–water partition coefficient (Wildman–Crippen LogP) is 3.71. The van der Waals surface area contributed by atoms with Crippen molar-refractivity contribution in [1.29, 1.82) is 0 Å². The number of hydrogen-bond acceptors (Lipinski definition) is 1. The lowest BCUT2D eigenvalue weighted by Gasteiger charge is -2.02. The fourth-order valence-corrected chi connectivity index (χ4v) is 1.96. The van der Waals surface area contributed by atoms with Crippen LogP contribution in [0.15, 0.2) is 24.3 Å². The molecule has 0 aliphatic carbocycles. The van der Waals surface area contributed by atoms with Gasteiger partial charge in [0, 0.05) is 11.8 Å². The molecule has 0 N–H and O–H groups in total. The first-order chi connectivity index (χ1) is 7.22. The van der Waals surface area contributed by atoms with Crippen LogP contribution in [0, 0.1) is 0 Å². The topological polar surface area (TPSA) is 17.1 Å². The molecule has 0 fully saturated rings. The average molecular weight is 290 g/mol. The average Bonchev–Trinajstić information content (AvgIpc) is 2.20. The van der Waals surface area contributed by atoms with Crippen molar-refractivity contribution in [2.24, 2.45) is 0 Å². The molecular weight excluding hydrogens is 275 g/mol. The molecule has 0 aliphatic rings. The Morgan fingerprint density at radius 3 is 2.27 bits per heavy atom. The van der Waals surface area contributed by atoms with E-state index in [1.54, 1.807) is 0 Å². The van der Waals surface area contributed by atoms with Crippen LogP contribution in [0.3, 0.4) is 0 Å². The highest BCUT2D eigenvalue weighted by atomic mass is 79.9. The van der Waals surface area contributed by atoms with E-state index in [0.717, 1.165) is 17.3 Å². The van der Waals surface area contributed by atoms with Crippen LogP contribution in [0.1, 0.15) is 24.0 Å². The molecule has 1 aromatic carbocycles. The highest BCUT2D eigenvalue weighted by Gasteiger charge is 1.99. The third-order valence-electron chi connectivity index (χ3n) is 2.22. The third-order valence-corrected chi connectivity index (χ3v) is 2.91. The van der Waals surface area contributed by atoms with Crippen molar-refractivity contribution in [3.63, 3.8) is 0 Å². The summed E-state index contributed by atoms with van der Waals surface area (Å²) in [6.07, 6.45) is 3.81. The minimum absolute atomic E-state index is 0.304. The Bertz CT molecular complexity index is 308. The molecule has 0 spiro atoms. The van der Waals surface area contributed by atoms with Gasteiger partial charge in [-0.05, 0) is 42.0 Å². The van der Waals surface area contributed by atoms with E-state index in [-0.39, 0.29) is 5.24 Å². The van der Waals surface area contributed by atoms with Crippen molar-refractivity contribution in [2.45, 2.75) is 25.7 Å². The summed E-state index contributed by atoms with van der Waals surface area (Å²) < 4.78 is 0. The summed E-state index contributed by atoms with van der Waals surface area (Å²) in [5.41, 5.74) is 2.31. The second-order valence-electron chi connectivity index (χ2n) is 3.49. The third kappa shape index (κ3) is 5.33. The molecule has 0 unspecified atom stereocenters. The monoisotopic (exact) mass is 288 g/mol. The Balaban J connectivity index is 2.45. The standard InChI is InChI=1S/C12H14BrClO/c13-8-2-1-3-10-4-6-11(7-5-10)9-12(14)15/h4-7H,1-3,8-9H2. The first kappa shape index (κ1) is 12.7. The zero-order valence-corrected chi connectivity index (χ0v) is 10.9. The molecule has 1 aromatic rings. The lowest BCUT2D eigenvalue weighted by Crippen LogP contribution is -1.94. The van der Waals surface area contributed by atoms with E-state index in [1.165, 1.54) is 18.4 Å². The molecule has 0 aliphatic heterocycles. The van der Waals surface area contributed by atoms with Gasteiger partial charge in [-0.3, -0.25) is 4.79 Å². The number of carbonyl (C=O) groups is 1. The minimum Gasteiger partial charge on any atom is -0.281 e. The number of hydrogen-bond donors (Lipinski definition) is 0. The maximum absolute atomic E-state index is 10.7. The van der Waals surface area contributed by atoms with Crippen LogP contribution in [0.25, 0.3) is 0 Å². The summed E-state index contributed by atoms with van der Waals surface area (Å²) in [5, 5.41) is 0.758. The van der Waals surface area contributed by atoms with E-state index < -0.39 is 0 Å². The highest BCUT2D eigenvalue weighted by molar-refractivity contribution is 9.09. The molecule has 3 heteroatoms. The summed E-state index contributed by atoms with van der Waals surface area (Å²) in [7, 11) is 0. The minimum atomic E-state index is -0.304. The zero-order valence-electron chi connectivity index (χ0n) is 8.51. The summed E-state index contributed by atoms with van der Waals surface area (Å²) in [6, 6.07) is 8.10. The van der Waals surface area contributed by atoms with Crippen LogP contribution >= 0.6 is 27.5 Å². The zero-order chi connectivity index (χ0) is 11.1. The normalized spacial score (nSPS) is 10.3.